The van der Waals surface area contributed by atoms with Crippen LogP contribution in [0.15, 0.2) is 91.0 Å². The maximum Gasteiger partial charge on any atom is 0.412 e. The highest BCUT2D eigenvalue weighted by molar-refractivity contribution is 6.30. The zero-order chi connectivity index (χ0) is 31.3. The molecule has 1 aliphatic rings. The molecule has 4 aromatic rings. The van der Waals surface area contributed by atoms with Crippen molar-refractivity contribution >= 4 is 35.0 Å². The standard InChI is InChI=1S/C35H36ClN3O5/c1-35(2,3)44-34(42)37-27-8-6-9-29(21-27)43-32-22-28(15-16-31(32)33(40)41)39-19-17-38(18-20-39)23-25-7-4-5-10-30(25)24-11-13-26(36)14-12-24/h4-16,21-22H,17-20,23H2,1-3H3,(H,37,42)(H,40,41). The number of halogens is 1. The molecule has 1 fully saturated rings. The van der Waals surface area contributed by atoms with Crippen LogP contribution in [0.1, 0.15) is 36.7 Å². The van der Waals surface area contributed by atoms with E-state index < -0.39 is 17.7 Å². The second-order valence-corrected chi connectivity index (χ2v) is 12.1. The SMILES string of the molecule is CC(C)(C)OC(=O)Nc1cccc(Oc2cc(N3CCN(Cc4ccccc4-c4ccc(Cl)cc4)CC3)ccc2C(=O)O)c1. The van der Waals surface area contributed by atoms with Crippen molar-refractivity contribution in [3.8, 4) is 22.6 Å². The number of anilines is 2. The highest BCUT2D eigenvalue weighted by Gasteiger charge is 2.22. The molecule has 1 heterocycles. The molecule has 0 spiro atoms. The molecule has 0 aromatic heterocycles. The van der Waals surface area contributed by atoms with Crippen LogP contribution in [-0.4, -0.2) is 53.8 Å². The van der Waals surface area contributed by atoms with Crippen molar-refractivity contribution in [1.29, 1.82) is 0 Å². The second-order valence-electron chi connectivity index (χ2n) is 11.7. The lowest BCUT2D eigenvalue weighted by atomic mass is 9.99. The van der Waals surface area contributed by atoms with Gasteiger partial charge in [0.1, 0.15) is 22.7 Å². The van der Waals surface area contributed by atoms with E-state index in [9.17, 15) is 14.7 Å². The number of amides is 1. The van der Waals surface area contributed by atoms with Crippen molar-refractivity contribution in [2.75, 3.05) is 36.4 Å². The third-order valence-corrected chi connectivity index (χ3v) is 7.46. The number of nitrogens with one attached hydrogen (secondary N) is 1. The van der Waals surface area contributed by atoms with Crippen LogP contribution in [0.4, 0.5) is 16.2 Å². The van der Waals surface area contributed by atoms with Crippen LogP contribution in [0, 0.1) is 0 Å². The van der Waals surface area contributed by atoms with Gasteiger partial charge in [-0.25, -0.2) is 9.59 Å². The lowest BCUT2D eigenvalue weighted by Crippen LogP contribution is -2.46. The predicted molar refractivity (Wildman–Crippen MR) is 174 cm³/mol. The first-order valence-corrected chi connectivity index (χ1v) is 14.9. The Hall–Kier alpha value is -4.53. The molecule has 0 aliphatic carbocycles. The first-order valence-electron chi connectivity index (χ1n) is 14.5. The first-order chi connectivity index (χ1) is 21.0. The van der Waals surface area contributed by atoms with Gasteiger partial charge in [-0.3, -0.25) is 10.2 Å². The average Bonchev–Trinajstić information content (AvgIpc) is 2.97. The molecule has 9 heteroatoms. The number of nitrogens with zero attached hydrogens (tertiary/aromatic N) is 2. The third-order valence-electron chi connectivity index (χ3n) is 7.21. The average molecular weight is 614 g/mol. The van der Waals surface area contributed by atoms with Gasteiger partial charge in [0, 0.05) is 61.3 Å². The number of carbonyl (C=O) groups excluding carboxylic acids is 1. The van der Waals surface area contributed by atoms with Crippen LogP contribution >= 0.6 is 11.6 Å². The molecule has 0 atom stereocenters. The smallest absolute Gasteiger partial charge is 0.412 e. The van der Waals surface area contributed by atoms with Crippen LogP contribution in [-0.2, 0) is 11.3 Å². The number of rotatable bonds is 8. The fourth-order valence-corrected chi connectivity index (χ4v) is 5.25. The number of carboxylic acid groups (broad SMARTS) is 1. The number of hydrogen-bond acceptors (Lipinski definition) is 6. The number of piperazine rings is 1. The van der Waals surface area contributed by atoms with Crippen molar-refractivity contribution in [2.45, 2.75) is 32.9 Å². The van der Waals surface area contributed by atoms with Gasteiger partial charge in [-0.05, 0) is 73.9 Å². The van der Waals surface area contributed by atoms with Gasteiger partial charge in [0.25, 0.3) is 0 Å². The molecule has 0 saturated carbocycles. The van der Waals surface area contributed by atoms with Crippen LogP contribution in [0.2, 0.25) is 5.02 Å². The molecule has 2 N–H and O–H groups in total. The number of benzene rings is 4. The van der Waals surface area contributed by atoms with E-state index >= 15 is 0 Å². The minimum Gasteiger partial charge on any atom is -0.478 e. The molecule has 0 unspecified atom stereocenters. The number of carboxylic acids is 1. The van der Waals surface area contributed by atoms with E-state index in [0.717, 1.165) is 49.0 Å². The molecule has 0 bridgehead atoms. The van der Waals surface area contributed by atoms with Gasteiger partial charge in [0.2, 0.25) is 0 Å². The zero-order valence-electron chi connectivity index (χ0n) is 25.0. The summed E-state index contributed by atoms with van der Waals surface area (Å²) < 4.78 is 11.4. The molecule has 1 aliphatic heterocycles. The minimum absolute atomic E-state index is 0.0525. The molecule has 5 rings (SSSR count). The molecule has 1 amide bonds. The zero-order valence-corrected chi connectivity index (χ0v) is 25.8. The Bertz CT molecular complexity index is 1630. The summed E-state index contributed by atoms with van der Waals surface area (Å²) in [7, 11) is 0. The van der Waals surface area contributed by atoms with Crippen molar-refractivity contribution in [3.05, 3.63) is 107 Å². The maximum atomic E-state index is 12.2. The van der Waals surface area contributed by atoms with E-state index in [1.54, 1.807) is 57.2 Å². The van der Waals surface area contributed by atoms with E-state index in [0.29, 0.717) is 11.4 Å². The topological polar surface area (TPSA) is 91.3 Å². The van der Waals surface area contributed by atoms with Crippen LogP contribution in [0.25, 0.3) is 11.1 Å². The lowest BCUT2D eigenvalue weighted by Gasteiger charge is -2.36. The van der Waals surface area contributed by atoms with E-state index in [4.69, 9.17) is 21.1 Å². The van der Waals surface area contributed by atoms with Crippen LogP contribution in [0.3, 0.4) is 0 Å². The minimum atomic E-state index is -1.08. The largest absolute Gasteiger partial charge is 0.478 e. The normalized spacial score (nSPS) is 13.8. The van der Waals surface area contributed by atoms with Crippen molar-refractivity contribution in [3.63, 3.8) is 0 Å². The predicted octanol–water partition coefficient (Wildman–Crippen LogP) is 8.17. The monoisotopic (exact) mass is 613 g/mol. The fraction of sp³-hybridized carbons (Fsp3) is 0.257. The summed E-state index contributed by atoms with van der Waals surface area (Å²) in [5.74, 6) is -0.468. The fourth-order valence-electron chi connectivity index (χ4n) is 5.13. The van der Waals surface area contributed by atoms with E-state index in [2.05, 4.69) is 39.4 Å². The third kappa shape index (κ3) is 8.09. The molecule has 4 aromatic carbocycles. The number of carbonyl (C=O) groups is 2. The van der Waals surface area contributed by atoms with Crippen LogP contribution in [0.5, 0.6) is 11.5 Å². The summed E-state index contributed by atoms with van der Waals surface area (Å²) in [5, 5.41) is 13.2. The van der Waals surface area contributed by atoms with Gasteiger partial charge >= 0.3 is 12.1 Å². The second kappa shape index (κ2) is 13.4. The Balaban J connectivity index is 1.26. The van der Waals surface area contributed by atoms with Crippen molar-refractivity contribution in [1.82, 2.24) is 4.90 Å². The van der Waals surface area contributed by atoms with Gasteiger partial charge in [-0.1, -0.05) is 54.1 Å². The Kier molecular flexibility index (Phi) is 9.42. The summed E-state index contributed by atoms with van der Waals surface area (Å²) in [6, 6.07) is 28.3. The Morgan fingerprint density at radius 1 is 0.886 bits per heavy atom. The highest BCUT2D eigenvalue weighted by atomic mass is 35.5. The van der Waals surface area contributed by atoms with Gasteiger partial charge < -0.3 is 19.5 Å². The molecule has 8 nitrogen and oxygen atoms in total. The molecule has 44 heavy (non-hydrogen) atoms. The number of aromatic carboxylic acids is 1. The molecular weight excluding hydrogens is 578 g/mol. The highest BCUT2D eigenvalue weighted by Crippen LogP contribution is 2.32. The van der Waals surface area contributed by atoms with Gasteiger partial charge in [0.05, 0.1) is 0 Å². The van der Waals surface area contributed by atoms with Crippen molar-refractivity contribution in [2.24, 2.45) is 0 Å². The first kappa shape index (κ1) is 30.9. The van der Waals surface area contributed by atoms with Gasteiger partial charge in [-0.15, -0.1) is 0 Å². The van der Waals surface area contributed by atoms with Gasteiger partial charge in [-0.2, -0.15) is 0 Å². The van der Waals surface area contributed by atoms with E-state index in [1.165, 1.54) is 11.1 Å². The number of hydrogen-bond donors (Lipinski definition) is 2. The molecule has 1 saturated heterocycles. The maximum absolute atomic E-state index is 12.2. The summed E-state index contributed by atoms with van der Waals surface area (Å²) in [6.07, 6.45) is -0.588. The van der Waals surface area contributed by atoms with Gasteiger partial charge in [0.15, 0.2) is 0 Å². The molecular formula is C35H36ClN3O5. The molecule has 228 valence electrons. The lowest BCUT2D eigenvalue weighted by molar-refractivity contribution is 0.0634. The molecule has 0 radical (unpaired) electrons. The number of ether oxygens (including phenoxy) is 2. The van der Waals surface area contributed by atoms with E-state index in [1.807, 2.05) is 30.3 Å². The Labute approximate surface area is 262 Å². The summed E-state index contributed by atoms with van der Waals surface area (Å²) in [5.41, 5.74) is 4.36. The Morgan fingerprint density at radius 2 is 1.61 bits per heavy atom. The van der Waals surface area contributed by atoms with E-state index in [-0.39, 0.29) is 11.3 Å². The van der Waals surface area contributed by atoms with Crippen molar-refractivity contribution < 1.29 is 24.2 Å². The summed E-state index contributed by atoms with van der Waals surface area (Å²) >= 11 is 6.11. The summed E-state index contributed by atoms with van der Waals surface area (Å²) in [4.78, 5) is 28.9. The Morgan fingerprint density at radius 3 is 2.32 bits per heavy atom. The quantitative estimate of drug-likeness (QED) is 0.207. The summed E-state index contributed by atoms with van der Waals surface area (Å²) in [6.45, 7) is 9.45. The van der Waals surface area contributed by atoms with Crippen LogP contribution < -0.4 is 15.0 Å².